The van der Waals surface area contributed by atoms with Gasteiger partial charge in [0.1, 0.15) is 10.5 Å². The van der Waals surface area contributed by atoms with Gasteiger partial charge in [-0.3, -0.25) is 4.79 Å². The maximum Gasteiger partial charge on any atom is 0.239 e. The fourth-order valence-corrected chi connectivity index (χ4v) is 2.24. The second-order valence-electron chi connectivity index (χ2n) is 3.54. The van der Waals surface area contributed by atoms with Crippen molar-refractivity contribution in [2.45, 2.75) is 0 Å². The van der Waals surface area contributed by atoms with Crippen LogP contribution in [0.15, 0.2) is 40.9 Å². The standard InChI is InChI=1S/C12H8N2O2S/c13-12-14-6-10(17-12)11(15)9-5-7-3-1-2-4-8(7)16-9/h1-6H,(H2,13,14). The van der Waals surface area contributed by atoms with E-state index in [4.69, 9.17) is 10.2 Å². The van der Waals surface area contributed by atoms with E-state index in [0.29, 0.717) is 21.4 Å². The highest BCUT2D eigenvalue weighted by Crippen LogP contribution is 2.23. The molecule has 17 heavy (non-hydrogen) atoms. The molecule has 1 aromatic carbocycles. The molecule has 2 heterocycles. The summed E-state index contributed by atoms with van der Waals surface area (Å²) in [6, 6.07) is 9.22. The van der Waals surface area contributed by atoms with Crippen molar-refractivity contribution in [3.63, 3.8) is 0 Å². The van der Waals surface area contributed by atoms with Gasteiger partial charge in [-0.25, -0.2) is 4.98 Å². The van der Waals surface area contributed by atoms with Crippen LogP contribution in [0.5, 0.6) is 0 Å². The molecule has 0 bridgehead atoms. The Labute approximate surface area is 101 Å². The third-order valence-corrected chi connectivity index (χ3v) is 3.22. The molecular weight excluding hydrogens is 236 g/mol. The zero-order chi connectivity index (χ0) is 11.8. The molecular formula is C12H8N2O2S. The topological polar surface area (TPSA) is 69.1 Å². The van der Waals surface area contributed by atoms with Gasteiger partial charge in [-0.1, -0.05) is 29.5 Å². The van der Waals surface area contributed by atoms with Gasteiger partial charge < -0.3 is 10.2 Å². The molecule has 0 aliphatic heterocycles. The van der Waals surface area contributed by atoms with Crippen molar-refractivity contribution < 1.29 is 9.21 Å². The summed E-state index contributed by atoms with van der Waals surface area (Å²) in [7, 11) is 0. The maximum atomic E-state index is 12.1. The van der Waals surface area contributed by atoms with Gasteiger partial charge in [-0.2, -0.15) is 0 Å². The van der Waals surface area contributed by atoms with Crippen molar-refractivity contribution in [3.8, 4) is 0 Å². The number of thiazole rings is 1. The summed E-state index contributed by atoms with van der Waals surface area (Å²) in [5.41, 5.74) is 6.20. The summed E-state index contributed by atoms with van der Waals surface area (Å²) in [5.74, 6) is 0.130. The van der Waals surface area contributed by atoms with Gasteiger partial charge in [0, 0.05) is 5.39 Å². The fourth-order valence-electron chi connectivity index (χ4n) is 1.61. The number of nitrogens with two attached hydrogens (primary N) is 1. The average Bonchev–Trinajstić information content (AvgIpc) is 2.93. The van der Waals surface area contributed by atoms with Crippen molar-refractivity contribution in [1.82, 2.24) is 4.98 Å². The lowest BCUT2D eigenvalue weighted by atomic mass is 10.2. The second kappa shape index (κ2) is 3.71. The molecule has 0 fully saturated rings. The second-order valence-corrected chi connectivity index (χ2v) is 4.60. The van der Waals surface area contributed by atoms with Gasteiger partial charge in [0.15, 0.2) is 10.9 Å². The normalized spacial score (nSPS) is 10.8. The van der Waals surface area contributed by atoms with E-state index in [1.54, 1.807) is 6.07 Å². The molecule has 5 heteroatoms. The van der Waals surface area contributed by atoms with Crippen molar-refractivity contribution in [2.24, 2.45) is 0 Å². The van der Waals surface area contributed by atoms with Crippen molar-refractivity contribution in [1.29, 1.82) is 0 Å². The number of nitrogen functional groups attached to an aromatic ring is 1. The number of benzene rings is 1. The van der Waals surface area contributed by atoms with E-state index in [0.717, 1.165) is 16.7 Å². The summed E-state index contributed by atoms with van der Waals surface area (Å²) in [6.07, 6.45) is 1.47. The number of hydrogen-bond acceptors (Lipinski definition) is 5. The van der Waals surface area contributed by atoms with Gasteiger partial charge in [0.25, 0.3) is 0 Å². The molecule has 2 N–H and O–H groups in total. The summed E-state index contributed by atoms with van der Waals surface area (Å²) in [5, 5.41) is 1.29. The minimum Gasteiger partial charge on any atom is -0.453 e. The third-order valence-electron chi connectivity index (χ3n) is 2.40. The van der Waals surface area contributed by atoms with Gasteiger partial charge in [-0.05, 0) is 12.1 Å². The van der Waals surface area contributed by atoms with E-state index in [1.165, 1.54) is 6.20 Å². The molecule has 0 amide bonds. The zero-order valence-corrected chi connectivity index (χ0v) is 9.53. The molecule has 0 aliphatic carbocycles. The maximum absolute atomic E-state index is 12.1. The van der Waals surface area contributed by atoms with Crippen LogP contribution >= 0.6 is 11.3 Å². The van der Waals surface area contributed by atoms with Crippen molar-refractivity contribution in [2.75, 3.05) is 5.73 Å². The molecule has 84 valence electrons. The first-order chi connectivity index (χ1) is 8.24. The van der Waals surface area contributed by atoms with Crippen LogP contribution in [-0.2, 0) is 0 Å². The smallest absolute Gasteiger partial charge is 0.239 e. The summed E-state index contributed by atoms with van der Waals surface area (Å²) >= 11 is 1.16. The Balaban J connectivity index is 2.06. The fraction of sp³-hybridized carbons (Fsp3) is 0. The minimum atomic E-state index is -0.185. The lowest BCUT2D eigenvalue weighted by Gasteiger charge is -1.89. The average molecular weight is 244 g/mol. The molecule has 0 saturated carbocycles. The molecule has 3 rings (SSSR count). The predicted octanol–water partition coefficient (Wildman–Crippen LogP) is 2.70. The van der Waals surface area contributed by atoms with Crippen molar-refractivity contribution in [3.05, 3.63) is 47.2 Å². The molecule has 4 nitrogen and oxygen atoms in total. The molecule has 3 aromatic rings. The van der Waals surface area contributed by atoms with E-state index < -0.39 is 0 Å². The van der Waals surface area contributed by atoms with Gasteiger partial charge >= 0.3 is 0 Å². The van der Waals surface area contributed by atoms with Crippen molar-refractivity contribution >= 4 is 33.2 Å². The zero-order valence-electron chi connectivity index (χ0n) is 8.71. The third kappa shape index (κ3) is 1.70. The van der Waals surface area contributed by atoms with Crippen LogP contribution in [-0.4, -0.2) is 10.8 Å². The Bertz CT molecular complexity index is 666. The number of aromatic nitrogens is 1. The summed E-state index contributed by atoms with van der Waals surface area (Å²) in [6.45, 7) is 0. The highest BCUT2D eigenvalue weighted by Gasteiger charge is 2.16. The predicted molar refractivity (Wildman–Crippen MR) is 66.2 cm³/mol. The lowest BCUT2D eigenvalue weighted by Crippen LogP contribution is -1.95. The number of carbonyl (C=O) groups excluding carboxylic acids is 1. The largest absolute Gasteiger partial charge is 0.453 e. The SMILES string of the molecule is Nc1ncc(C(=O)c2cc3ccccc3o2)s1. The number of carbonyl (C=O) groups is 1. The quantitative estimate of drug-likeness (QED) is 0.704. The lowest BCUT2D eigenvalue weighted by molar-refractivity contribution is 0.101. The van der Waals surface area contributed by atoms with E-state index in [1.807, 2.05) is 24.3 Å². The van der Waals surface area contributed by atoms with Gasteiger partial charge in [-0.15, -0.1) is 0 Å². The number of hydrogen-bond donors (Lipinski definition) is 1. The monoisotopic (exact) mass is 244 g/mol. The highest BCUT2D eigenvalue weighted by atomic mass is 32.1. The molecule has 0 atom stereocenters. The Hall–Kier alpha value is -2.14. The van der Waals surface area contributed by atoms with E-state index in [2.05, 4.69) is 4.98 Å². The highest BCUT2D eigenvalue weighted by molar-refractivity contribution is 7.17. The Morgan fingerprint density at radius 3 is 2.88 bits per heavy atom. The first-order valence-electron chi connectivity index (χ1n) is 4.98. The van der Waals surface area contributed by atoms with Crippen LogP contribution in [0.2, 0.25) is 0 Å². The Morgan fingerprint density at radius 1 is 1.35 bits per heavy atom. The number of para-hydroxylation sites is 1. The molecule has 0 saturated heterocycles. The number of ketones is 1. The van der Waals surface area contributed by atoms with Crippen LogP contribution in [0, 0.1) is 0 Å². The summed E-state index contributed by atoms with van der Waals surface area (Å²) < 4.78 is 5.48. The van der Waals surface area contributed by atoms with E-state index in [-0.39, 0.29) is 5.78 Å². The number of rotatable bonds is 2. The van der Waals surface area contributed by atoms with Crippen LogP contribution < -0.4 is 5.73 Å². The molecule has 0 radical (unpaired) electrons. The van der Waals surface area contributed by atoms with Crippen LogP contribution in [0.25, 0.3) is 11.0 Å². The Morgan fingerprint density at radius 2 is 2.18 bits per heavy atom. The Kier molecular flexibility index (Phi) is 2.19. The molecule has 0 spiro atoms. The molecule has 2 aromatic heterocycles. The number of anilines is 1. The van der Waals surface area contributed by atoms with Gasteiger partial charge in [0.05, 0.1) is 6.20 Å². The van der Waals surface area contributed by atoms with E-state index in [9.17, 15) is 4.79 Å². The summed E-state index contributed by atoms with van der Waals surface area (Å²) in [4.78, 5) is 16.4. The van der Waals surface area contributed by atoms with Crippen LogP contribution in [0.1, 0.15) is 15.4 Å². The minimum absolute atomic E-state index is 0.185. The van der Waals surface area contributed by atoms with Crippen LogP contribution in [0.4, 0.5) is 5.13 Å². The number of nitrogens with zero attached hydrogens (tertiary/aromatic N) is 1. The first-order valence-corrected chi connectivity index (χ1v) is 5.80. The van der Waals surface area contributed by atoms with E-state index >= 15 is 0 Å². The van der Waals surface area contributed by atoms with Crippen LogP contribution in [0.3, 0.4) is 0 Å². The van der Waals surface area contributed by atoms with Gasteiger partial charge in [0.2, 0.25) is 5.78 Å². The number of furan rings is 1. The molecule has 0 unspecified atom stereocenters. The number of fused-ring (bicyclic) bond motifs is 1. The first kappa shape index (κ1) is 10.0. The molecule has 0 aliphatic rings.